The number of carbonyl (C=O) groups excluding carboxylic acids is 1. The first-order valence-electron chi connectivity index (χ1n) is 7.90. The summed E-state index contributed by atoms with van der Waals surface area (Å²) in [6.07, 6.45) is 6.29. The number of aromatic nitrogens is 1. The summed E-state index contributed by atoms with van der Waals surface area (Å²) in [7, 11) is 0. The highest BCUT2D eigenvalue weighted by Gasteiger charge is 2.41. The van der Waals surface area contributed by atoms with Crippen molar-refractivity contribution in [3.8, 4) is 0 Å². The second kappa shape index (κ2) is 6.43. The molecule has 1 aliphatic carbocycles. The molecule has 2 fully saturated rings. The van der Waals surface area contributed by atoms with Crippen molar-refractivity contribution in [2.45, 2.75) is 44.8 Å². The Morgan fingerprint density at radius 2 is 2.29 bits per heavy atom. The maximum atomic E-state index is 12.4. The maximum absolute atomic E-state index is 12.4. The van der Waals surface area contributed by atoms with E-state index in [-0.39, 0.29) is 18.1 Å². The van der Waals surface area contributed by atoms with Crippen LogP contribution in [0.4, 0.5) is 5.69 Å². The van der Waals surface area contributed by atoms with Gasteiger partial charge in [0.2, 0.25) is 0 Å². The van der Waals surface area contributed by atoms with E-state index >= 15 is 0 Å². The number of hydrogen-bond donors (Lipinski definition) is 2. The Morgan fingerprint density at radius 3 is 3.05 bits per heavy atom. The van der Waals surface area contributed by atoms with Gasteiger partial charge >= 0.3 is 0 Å². The fraction of sp³-hybridized carbons (Fsp3) is 0.625. The Bertz CT molecular complexity index is 502. The van der Waals surface area contributed by atoms with Crippen molar-refractivity contribution in [3.05, 3.63) is 24.0 Å². The third-order valence-corrected chi connectivity index (χ3v) is 4.11. The summed E-state index contributed by atoms with van der Waals surface area (Å²) in [5, 5.41) is 6.37. The molecule has 0 aromatic carbocycles. The van der Waals surface area contributed by atoms with E-state index in [0.717, 1.165) is 31.7 Å². The van der Waals surface area contributed by atoms with Crippen LogP contribution in [0.5, 0.6) is 0 Å². The highest BCUT2D eigenvalue weighted by molar-refractivity contribution is 5.93. The number of nitrogens with one attached hydrogen (secondary N) is 2. The van der Waals surface area contributed by atoms with Crippen LogP contribution in [0.3, 0.4) is 0 Å². The van der Waals surface area contributed by atoms with E-state index in [1.165, 1.54) is 12.8 Å². The van der Waals surface area contributed by atoms with Crippen LogP contribution in [-0.4, -0.2) is 36.2 Å². The third-order valence-electron chi connectivity index (χ3n) is 4.11. The van der Waals surface area contributed by atoms with E-state index in [9.17, 15) is 4.79 Å². The summed E-state index contributed by atoms with van der Waals surface area (Å²) in [4.78, 5) is 16.5. The molecule has 1 saturated heterocycles. The molecule has 1 aliphatic heterocycles. The van der Waals surface area contributed by atoms with Crippen LogP contribution in [0.25, 0.3) is 0 Å². The number of rotatable bonds is 6. The molecule has 0 radical (unpaired) electrons. The van der Waals surface area contributed by atoms with Crippen molar-refractivity contribution in [3.63, 3.8) is 0 Å². The predicted molar refractivity (Wildman–Crippen MR) is 81.4 cm³/mol. The minimum Gasteiger partial charge on any atom is -0.385 e. The Hall–Kier alpha value is -1.62. The molecule has 2 heterocycles. The van der Waals surface area contributed by atoms with Gasteiger partial charge in [-0.15, -0.1) is 0 Å². The van der Waals surface area contributed by atoms with Gasteiger partial charge in [0.15, 0.2) is 0 Å². The Labute approximate surface area is 125 Å². The van der Waals surface area contributed by atoms with Crippen LogP contribution in [0, 0.1) is 5.92 Å². The van der Waals surface area contributed by atoms with Crippen molar-refractivity contribution >= 4 is 11.6 Å². The molecule has 1 aromatic rings. The summed E-state index contributed by atoms with van der Waals surface area (Å²) >= 11 is 0. The molecule has 1 amide bonds. The Kier molecular flexibility index (Phi) is 4.39. The van der Waals surface area contributed by atoms with Crippen LogP contribution in [0.1, 0.15) is 43.1 Å². The number of hydrogen-bond acceptors (Lipinski definition) is 4. The summed E-state index contributed by atoms with van der Waals surface area (Å²) in [5.74, 6) is 0.541. The molecule has 5 nitrogen and oxygen atoms in total. The van der Waals surface area contributed by atoms with Crippen molar-refractivity contribution in [1.29, 1.82) is 0 Å². The summed E-state index contributed by atoms with van der Waals surface area (Å²) < 4.78 is 5.76. The van der Waals surface area contributed by atoms with E-state index in [1.807, 2.05) is 12.1 Å². The first-order valence-corrected chi connectivity index (χ1v) is 7.90. The van der Waals surface area contributed by atoms with Crippen molar-refractivity contribution in [2.24, 2.45) is 5.92 Å². The predicted octanol–water partition coefficient (Wildman–Crippen LogP) is 2.20. The highest BCUT2D eigenvalue weighted by atomic mass is 16.5. The number of ether oxygens (including phenoxy) is 1. The molecular formula is C16H23N3O2. The first-order chi connectivity index (χ1) is 10.3. The fourth-order valence-corrected chi connectivity index (χ4v) is 2.83. The topological polar surface area (TPSA) is 63.2 Å². The number of anilines is 1. The zero-order valence-corrected chi connectivity index (χ0v) is 12.5. The molecule has 1 saturated carbocycles. The minimum absolute atomic E-state index is 0.101. The van der Waals surface area contributed by atoms with Crippen LogP contribution in [0.2, 0.25) is 0 Å². The van der Waals surface area contributed by atoms with E-state index in [1.54, 1.807) is 6.20 Å². The SMILES string of the molecule is CCCNc1ccnc(C(=O)NC2CCOC2C2CC2)c1. The molecule has 21 heavy (non-hydrogen) atoms. The van der Waals surface area contributed by atoms with Crippen LogP contribution in [-0.2, 0) is 4.74 Å². The normalized spacial score (nSPS) is 24.8. The van der Waals surface area contributed by atoms with Gasteiger partial charge in [0, 0.05) is 25.0 Å². The number of carbonyl (C=O) groups is 1. The van der Waals surface area contributed by atoms with E-state index in [0.29, 0.717) is 11.6 Å². The number of amides is 1. The lowest BCUT2D eigenvalue weighted by molar-refractivity contribution is 0.0727. The number of nitrogens with zero attached hydrogens (tertiary/aromatic N) is 1. The van der Waals surface area contributed by atoms with E-state index in [2.05, 4.69) is 22.5 Å². The van der Waals surface area contributed by atoms with Gasteiger partial charge in [-0.1, -0.05) is 6.92 Å². The second-order valence-corrected chi connectivity index (χ2v) is 5.90. The van der Waals surface area contributed by atoms with Gasteiger partial charge in [0.1, 0.15) is 5.69 Å². The summed E-state index contributed by atoms with van der Waals surface area (Å²) in [5.41, 5.74) is 1.41. The molecule has 1 aromatic heterocycles. The average molecular weight is 289 g/mol. The lowest BCUT2D eigenvalue weighted by Crippen LogP contribution is -2.41. The number of pyridine rings is 1. The van der Waals surface area contributed by atoms with Gasteiger partial charge in [-0.3, -0.25) is 9.78 Å². The first kappa shape index (κ1) is 14.3. The van der Waals surface area contributed by atoms with Gasteiger partial charge in [0.05, 0.1) is 12.1 Å². The van der Waals surface area contributed by atoms with Crippen molar-refractivity contribution in [1.82, 2.24) is 10.3 Å². The molecule has 2 unspecified atom stereocenters. The Morgan fingerprint density at radius 1 is 1.43 bits per heavy atom. The monoisotopic (exact) mass is 289 g/mol. The van der Waals surface area contributed by atoms with E-state index in [4.69, 9.17) is 4.74 Å². The quantitative estimate of drug-likeness (QED) is 0.842. The molecule has 0 spiro atoms. The van der Waals surface area contributed by atoms with Crippen LogP contribution in [0.15, 0.2) is 18.3 Å². The van der Waals surface area contributed by atoms with Gasteiger partial charge in [-0.2, -0.15) is 0 Å². The fourth-order valence-electron chi connectivity index (χ4n) is 2.83. The molecule has 3 rings (SSSR count). The third kappa shape index (κ3) is 3.53. The maximum Gasteiger partial charge on any atom is 0.270 e. The zero-order valence-electron chi connectivity index (χ0n) is 12.5. The van der Waals surface area contributed by atoms with Gasteiger partial charge in [0.25, 0.3) is 5.91 Å². The van der Waals surface area contributed by atoms with E-state index < -0.39 is 0 Å². The minimum atomic E-state index is -0.101. The molecule has 5 heteroatoms. The van der Waals surface area contributed by atoms with Crippen molar-refractivity contribution in [2.75, 3.05) is 18.5 Å². The van der Waals surface area contributed by atoms with Gasteiger partial charge in [-0.25, -0.2) is 0 Å². The smallest absolute Gasteiger partial charge is 0.270 e. The lowest BCUT2D eigenvalue weighted by Gasteiger charge is -2.19. The summed E-state index contributed by atoms with van der Waals surface area (Å²) in [6, 6.07) is 3.84. The van der Waals surface area contributed by atoms with Crippen LogP contribution >= 0.6 is 0 Å². The Balaban J connectivity index is 1.61. The molecule has 2 aliphatic rings. The van der Waals surface area contributed by atoms with Gasteiger partial charge < -0.3 is 15.4 Å². The standard InChI is InChI=1S/C16H23N3O2/c1-2-7-17-12-5-8-18-14(10-12)16(20)19-13-6-9-21-15(13)11-3-4-11/h5,8,10-11,13,15H,2-4,6-7,9H2,1H3,(H,17,18)(H,19,20). The molecule has 0 bridgehead atoms. The molecule has 2 N–H and O–H groups in total. The summed E-state index contributed by atoms with van der Waals surface area (Å²) in [6.45, 7) is 3.75. The second-order valence-electron chi connectivity index (χ2n) is 5.90. The average Bonchev–Trinajstić information content (AvgIpc) is 3.25. The highest BCUT2D eigenvalue weighted by Crippen LogP contribution is 2.38. The zero-order chi connectivity index (χ0) is 14.7. The van der Waals surface area contributed by atoms with Gasteiger partial charge in [-0.05, 0) is 43.7 Å². The lowest BCUT2D eigenvalue weighted by atomic mass is 10.1. The van der Waals surface area contributed by atoms with Crippen molar-refractivity contribution < 1.29 is 9.53 Å². The largest absolute Gasteiger partial charge is 0.385 e. The molecule has 114 valence electrons. The molecule has 2 atom stereocenters. The molecular weight excluding hydrogens is 266 g/mol. The van der Waals surface area contributed by atoms with Crippen LogP contribution < -0.4 is 10.6 Å².